The van der Waals surface area contributed by atoms with Crippen molar-refractivity contribution in [2.45, 2.75) is 19.4 Å². The molecule has 2 aromatic rings. The molecule has 0 aliphatic carbocycles. The Morgan fingerprint density at radius 3 is 2.45 bits per heavy atom. The van der Waals surface area contributed by atoms with Gasteiger partial charge in [-0.2, -0.15) is 0 Å². The van der Waals surface area contributed by atoms with Crippen LogP contribution in [0.15, 0.2) is 42.5 Å². The minimum absolute atomic E-state index is 0.128. The Labute approximate surface area is 187 Å². The molecule has 0 saturated carbocycles. The summed E-state index contributed by atoms with van der Waals surface area (Å²) < 4.78 is 14.0. The van der Waals surface area contributed by atoms with E-state index >= 15 is 0 Å². The highest BCUT2D eigenvalue weighted by Gasteiger charge is 2.21. The van der Waals surface area contributed by atoms with Gasteiger partial charge >= 0.3 is 0 Å². The van der Waals surface area contributed by atoms with E-state index in [4.69, 9.17) is 11.6 Å². The molecule has 166 valence electrons. The maximum atomic E-state index is 14.0. The van der Waals surface area contributed by atoms with E-state index in [9.17, 15) is 14.0 Å². The van der Waals surface area contributed by atoms with Gasteiger partial charge in [0.05, 0.1) is 6.04 Å². The highest BCUT2D eigenvalue weighted by molar-refractivity contribution is 6.30. The van der Waals surface area contributed by atoms with Crippen LogP contribution in [-0.2, 0) is 4.79 Å². The normalized spacial score (nSPS) is 15.4. The van der Waals surface area contributed by atoms with Crippen molar-refractivity contribution in [1.29, 1.82) is 0 Å². The number of nitrogens with one attached hydrogen (secondary N) is 2. The van der Waals surface area contributed by atoms with Gasteiger partial charge in [-0.25, -0.2) is 4.39 Å². The Kier molecular flexibility index (Phi) is 7.87. The average Bonchev–Trinajstić information content (AvgIpc) is 2.74. The second kappa shape index (κ2) is 10.6. The molecule has 6 nitrogen and oxygen atoms in total. The van der Waals surface area contributed by atoms with Gasteiger partial charge in [0.25, 0.3) is 5.91 Å². The fourth-order valence-electron chi connectivity index (χ4n) is 3.59. The fourth-order valence-corrected chi connectivity index (χ4v) is 3.72. The number of nitrogens with zero attached hydrogens (tertiary/aromatic N) is 2. The third-order valence-corrected chi connectivity index (χ3v) is 5.67. The number of carbonyl (C=O) groups excluding carboxylic acids is 2. The summed E-state index contributed by atoms with van der Waals surface area (Å²) in [6, 6.07) is 10.9. The van der Waals surface area contributed by atoms with Crippen LogP contribution in [0.3, 0.4) is 0 Å². The minimum atomic E-state index is -0.357. The van der Waals surface area contributed by atoms with Gasteiger partial charge in [-0.1, -0.05) is 11.6 Å². The molecule has 3 rings (SSSR count). The quantitative estimate of drug-likeness (QED) is 0.685. The molecule has 0 aromatic heterocycles. The molecule has 1 fully saturated rings. The lowest BCUT2D eigenvalue weighted by Crippen LogP contribution is -2.45. The van der Waals surface area contributed by atoms with Crippen LogP contribution >= 0.6 is 11.6 Å². The maximum absolute atomic E-state index is 14.0. The first-order chi connectivity index (χ1) is 14.8. The van der Waals surface area contributed by atoms with Crippen LogP contribution in [-0.4, -0.2) is 56.5 Å². The molecule has 1 aliphatic heterocycles. The largest absolute Gasteiger partial charge is 0.369 e. The summed E-state index contributed by atoms with van der Waals surface area (Å²) in [7, 11) is 2.08. The van der Waals surface area contributed by atoms with Crippen LogP contribution < -0.4 is 15.5 Å². The number of hydrogen-bond donors (Lipinski definition) is 2. The number of amides is 2. The summed E-state index contributed by atoms with van der Waals surface area (Å²) in [5.74, 6) is -0.804. The van der Waals surface area contributed by atoms with Crippen LogP contribution in [0.4, 0.5) is 10.1 Å². The summed E-state index contributed by atoms with van der Waals surface area (Å²) in [4.78, 5) is 29.0. The zero-order valence-electron chi connectivity index (χ0n) is 17.8. The molecule has 2 amide bonds. The molecule has 8 heteroatoms. The van der Waals surface area contributed by atoms with Gasteiger partial charge < -0.3 is 20.4 Å². The fraction of sp³-hybridized carbons (Fsp3) is 0.391. The van der Waals surface area contributed by atoms with Crippen molar-refractivity contribution in [2.24, 2.45) is 0 Å². The van der Waals surface area contributed by atoms with E-state index in [1.54, 1.807) is 30.3 Å². The molecule has 0 radical (unpaired) electrons. The number of benzene rings is 2. The molecular weight excluding hydrogens is 419 g/mol. The van der Waals surface area contributed by atoms with Crippen molar-refractivity contribution in [3.05, 3.63) is 64.4 Å². The lowest BCUT2D eigenvalue weighted by Gasteiger charge is -2.36. The smallest absolute Gasteiger partial charge is 0.251 e. The van der Waals surface area contributed by atoms with E-state index in [-0.39, 0.29) is 36.6 Å². The van der Waals surface area contributed by atoms with E-state index < -0.39 is 0 Å². The van der Waals surface area contributed by atoms with Crippen LogP contribution in [0.25, 0.3) is 0 Å². The lowest BCUT2D eigenvalue weighted by molar-refractivity contribution is -0.121. The standard InChI is InChI=1S/C23H28ClFN4O2/c1-16(20-15-19(25)7-8-21(20)29-13-11-28(2)12-14-29)27-22(30)9-10-26-23(31)17-3-5-18(24)6-4-17/h3-8,15-16H,9-14H2,1-2H3,(H,26,31)(H,27,30). The molecule has 1 heterocycles. The van der Waals surface area contributed by atoms with Crippen LogP contribution in [0.5, 0.6) is 0 Å². The predicted octanol–water partition coefficient (Wildman–Crippen LogP) is 3.23. The first-order valence-electron chi connectivity index (χ1n) is 10.4. The van der Waals surface area contributed by atoms with Crippen molar-refractivity contribution < 1.29 is 14.0 Å². The second-order valence-electron chi connectivity index (χ2n) is 7.80. The Balaban J connectivity index is 1.55. The molecule has 0 bridgehead atoms. The van der Waals surface area contributed by atoms with Gasteiger partial charge in [-0.05, 0) is 56.4 Å². The van der Waals surface area contributed by atoms with Crippen molar-refractivity contribution in [3.8, 4) is 0 Å². The second-order valence-corrected chi connectivity index (χ2v) is 8.23. The van der Waals surface area contributed by atoms with E-state index in [2.05, 4.69) is 27.5 Å². The van der Waals surface area contributed by atoms with Crippen molar-refractivity contribution in [2.75, 3.05) is 44.7 Å². The predicted molar refractivity (Wildman–Crippen MR) is 121 cm³/mol. The highest BCUT2D eigenvalue weighted by Crippen LogP contribution is 2.28. The zero-order valence-corrected chi connectivity index (χ0v) is 18.6. The number of halogens is 2. The number of hydrogen-bond acceptors (Lipinski definition) is 4. The van der Waals surface area contributed by atoms with Crippen molar-refractivity contribution in [3.63, 3.8) is 0 Å². The zero-order chi connectivity index (χ0) is 22.4. The number of piperazine rings is 1. The summed E-state index contributed by atoms with van der Waals surface area (Å²) in [6.45, 7) is 5.63. The maximum Gasteiger partial charge on any atom is 0.251 e. The van der Waals surface area contributed by atoms with Crippen molar-refractivity contribution >= 4 is 29.1 Å². The highest BCUT2D eigenvalue weighted by atomic mass is 35.5. The first kappa shape index (κ1) is 23.0. The summed E-state index contributed by atoms with van der Waals surface area (Å²) >= 11 is 5.82. The SMILES string of the molecule is CC(NC(=O)CCNC(=O)c1ccc(Cl)cc1)c1cc(F)ccc1N1CCN(C)CC1. The minimum Gasteiger partial charge on any atom is -0.369 e. The number of rotatable bonds is 7. The number of anilines is 1. The Hall–Kier alpha value is -2.64. The molecular formula is C23H28ClFN4O2. The summed E-state index contributed by atoms with van der Waals surface area (Å²) in [6.07, 6.45) is 0.128. The Bertz CT molecular complexity index is 914. The molecule has 1 saturated heterocycles. The lowest BCUT2D eigenvalue weighted by atomic mass is 10.0. The van der Waals surface area contributed by atoms with Gasteiger partial charge in [0.1, 0.15) is 5.82 Å². The van der Waals surface area contributed by atoms with E-state index in [1.807, 2.05) is 6.92 Å². The Morgan fingerprint density at radius 1 is 1.10 bits per heavy atom. The van der Waals surface area contributed by atoms with Gasteiger partial charge in [0.2, 0.25) is 5.91 Å². The summed E-state index contributed by atoms with van der Waals surface area (Å²) in [5, 5.41) is 6.20. The van der Waals surface area contributed by atoms with Crippen LogP contribution in [0.1, 0.15) is 35.3 Å². The molecule has 0 spiro atoms. The molecule has 2 aromatic carbocycles. The van der Waals surface area contributed by atoms with E-state index in [0.717, 1.165) is 37.4 Å². The molecule has 1 aliphatic rings. The Morgan fingerprint density at radius 2 is 1.77 bits per heavy atom. The first-order valence-corrected chi connectivity index (χ1v) is 10.8. The third kappa shape index (κ3) is 6.42. The molecule has 31 heavy (non-hydrogen) atoms. The van der Waals surface area contributed by atoms with Crippen LogP contribution in [0, 0.1) is 5.82 Å². The molecule has 2 N–H and O–H groups in total. The van der Waals surface area contributed by atoms with Crippen LogP contribution in [0.2, 0.25) is 5.02 Å². The molecule has 1 atom stereocenters. The third-order valence-electron chi connectivity index (χ3n) is 5.42. The number of carbonyl (C=O) groups is 2. The molecule has 1 unspecified atom stereocenters. The van der Waals surface area contributed by atoms with Gasteiger partial charge in [0.15, 0.2) is 0 Å². The van der Waals surface area contributed by atoms with E-state index in [0.29, 0.717) is 10.6 Å². The van der Waals surface area contributed by atoms with Gasteiger partial charge in [-0.3, -0.25) is 9.59 Å². The van der Waals surface area contributed by atoms with Gasteiger partial charge in [-0.15, -0.1) is 0 Å². The number of likely N-dealkylation sites (N-methyl/N-ethyl adjacent to an activating group) is 1. The van der Waals surface area contributed by atoms with Crippen molar-refractivity contribution in [1.82, 2.24) is 15.5 Å². The monoisotopic (exact) mass is 446 g/mol. The topological polar surface area (TPSA) is 64.7 Å². The average molecular weight is 447 g/mol. The summed E-state index contributed by atoms with van der Waals surface area (Å²) in [5.41, 5.74) is 2.18. The van der Waals surface area contributed by atoms with E-state index in [1.165, 1.54) is 12.1 Å². The van der Waals surface area contributed by atoms with Gasteiger partial charge in [0, 0.05) is 61.0 Å².